The number of para-hydroxylation sites is 1. The second-order valence-corrected chi connectivity index (χ2v) is 8.12. The average Bonchev–Trinajstić information content (AvgIpc) is 3.22. The Hall–Kier alpha value is -3.79. The molecule has 0 aliphatic carbocycles. The van der Waals surface area contributed by atoms with E-state index in [1.807, 2.05) is 12.1 Å². The summed E-state index contributed by atoms with van der Waals surface area (Å²) < 4.78 is 44.4. The summed E-state index contributed by atoms with van der Waals surface area (Å²) in [5.41, 5.74) is 3.17. The molecule has 0 atom stereocenters. The van der Waals surface area contributed by atoms with Gasteiger partial charge in [-0.1, -0.05) is 18.2 Å². The fraction of sp³-hybridized carbons (Fsp3) is 0.250. The summed E-state index contributed by atoms with van der Waals surface area (Å²) in [7, 11) is 2.12. The van der Waals surface area contributed by atoms with Crippen molar-refractivity contribution in [1.29, 1.82) is 0 Å². The molecule has 7 nitrogen and oxygen atoms in total. The first-order valence-corrected chi connectivity index (χ1v) is 10.9. The lowest BCUT2D eigenvalue weighted by atomic mass is 10.1. The summed E-state index contributed by atoms with van der Waals surface area (Å²) in [5.74, 6) is 0.0426. The van der Waals surface area contributed by atoms with Gasteiger partial charge in [0.2, 0.25) is 5.95 Å². The van der Waals surface area contributed by atoms with E-state index < -0.39 is 6.36 Å². The molecule has 3 heterocycles. The second-order valence-electron chi connectivity index (χ2n) is 8.12. The van der Waals surface area contributed by atoms with Crippen LogP contribution in [-0.4, -0.2) is 59.1 Å². The molecular formula is C24H23F3N6O. The Morgan fingerprint density at radius 1 is 0.882 bits per heavy atom. The third kappa shape index (κ3) is 4.76. The van der Waals surface area contributed by atoms with Gasteiger partial charge in [-0.05, 0) is 55.6 Å². The number of alkyl halides is 3. The first-order valence-electron chi connectivity index (χ1n) is 10.9. The fourth-order valence-corrected chi connectivity index (χ4v) is 4.00. The van der Waals surface area contributed by atoms with E-state index in [2.05, 4.69) is 49.1 Å². The number of piperazine rings is 1. The third-order valence-electron chi connectivity index (χ3n) is 5.74. The zero-order chi connectivity index (χ0) is 23.7. The number of nitrogens with zero attached hydrogens (tertiary/aromatic N) is 5. The normalized spacial score (nSPS) is 15.0. The standard InChI is InChI=1S/C24H23F3N6O/c1-31-13-15-32(16-14-31)18-11-9-17(10-12-18)28-23-29-22-8-4-6-20(33(22)30-23)19-5-2-3-7-21(19)34-24(25,26)27/h2-12H,13-16H2,1H3,(H,28,30). The minimum Gasteiger partial charge on any atom is -0.405 e. The number of rotatable bonds is 5. The molecule has 0 bridgehead atoms. The molecule has 1 aliphatic heterocycles. The van der Waals surface area contributed by atoms with Crippen LogP contribution in [-0.2, 0) is 0 Å². The number of aromatic nitrogens is 3. The van der Waals surface area contributed by atoms with Crippen molar-refractivity contribution in [3.05, 3.63) is 66.7 Å². The molecule has 0 unspecified atom stereocenters. The monoisotopic (exact) mass is 468 g/mol. The number of benzene rings is 2. The SMILES string of the molecule is CN1CCN(c2ccc(Nc3nc4cccc(-c5ccccc5OC(F)(F)F)n4n3)cc2)CC1. The predicted octanol–water partition coefficient (Wildman–Crippen LogP) is 4.79. The molecule has 34 heavy (non-hydrogen) atoms. The lowest BCUT2D eigenvalue weighted by Crippen LogP contribution is -2.44. The molecular weight excluding hydrogens is 445 g/mol. The van der Waals surface area contributed by atoms with Crippen molar-refractivity contribution in [1.82, 2.24) is 19.5 Å². The summed E-state index contributed by atoms with van der Waals surface area (Å²) in [6.07, 6.45) is -4.80. The van der Waals surface area contributed by atoms with Crippen molar-refractivity contribution >= 4 is 23.0 Å². The van der Waals surface area contributed by atoms with E-state index in [9.17, 15) is 13.2 Å². The van der Waals surface area contributed by atoms with Crippen LogP contribution in [0.5, 0.6) is 5.75 Å². The quantitative estimate of drug-likeness (QED) is 0.455. The Bertz CT molecular complexity index is 1280. The lowest BCUT2D eigenvalue weighted by molar-refractivity contribution is -0.274. The highest BCUT2D eigenvalue weighted by atomic mass is 19.4. The van der Waals surface area contributed by atoms with E-state index in [4.69, 9.17) is 0 Å². The number of halogens is 3. The number of fused-ring (bicyclic) bond motifs is 1. The molecule has 2 aromatic carbocycles. The highest BCUT2D eigenvalue weighted by Gasteiger charge is 2.32. The van der Waals surface area contributed by atoms with E-state index in [-0.39, 0.29) is 11.3 Å². The van der Waals surface area contributed by atoms with Gasteiger partial charge in [-0.3, -0.25) is 0 Å². The van der Waals surface area contributed by atoms with Crippen LogP contribution in [0.3, 0.4) is 0 Å². The van der Waals surface area contributed by atoms with Gasteiger partial charge in [0.25, 0.3) is 0 Å². The molecule has 0 spiro atoms. The van der Waals surface area contributed by atoms with Gasteiger partial charge in [-0.25, -0.2) is 4.52 Å². The first kappa shape index (κ1) is 22.0. The van der Waals surface area contributed by atoms with Crippen molar-refractivity contribution in [2.24, 2.45) is 0 Å². The minimum absolute atomic E-state index is 0.262. The summed E-state index contributed by atoms with van der Waals surface area (Å²) in [5, 5.41) is 7.67. The summed E-state index contributed by atoms with van der Waals surface area (Å²) in [4.78, 5) is 9.14. The number of hydrogen-bond acceptors (Lipinski definition) is 6. The van der Waals surface area contributed by atoms with Gasteiger partial charge in [0.05, 0.1) is 5.69 Å². The average molecular weight is 468 g/mol. The van der Waals surface area contributed by atoms with Crippen molar-refractivity contribution in [3.63, 3.8) is 0 Å². The maximum atomic E-state index is 12.9. The van der Waals surface area contributed by atoms with Crippen LogP contribution in [0.4, 0.5) is 30.5 Å². The predicted molar refractivity (Wildman–Crippen MR) is 125 cm³/mol. The molecule has 1 saturated heterocycles. The number of anilines is 3. The van der Waals surface area contributed by atoms with Crippen LogP contribution < -0.4 is 15.0 Å². The highest BCUT2D eigenvalue weighted by Crippen LogP contribution is 2.34. The molecule has 5 rings (SSSR count). The molecule has 2 aromatic heterocycles. The van der Waals surface area contributed by atoms with Gasteiger partial charge in [-0.2, -0.15) is 4.98 Å². The maximum absolute atomic E-state index is 12.9. The number of likely N-dealkylation sites (N-methyl/N-ethyl adjacent to an activating group) is 1. The van der Waals surface area contributed by atoms with Crippen LogP contribution in [0.2, 0.25) is 0 Å². The molecule has 10 heteroatoms. The number of nitrogens with one attached hydrogen (secondary N) is 1. The summed E-state index contributed by atoms with van der Waals surface area (Å²) in [6, 6.07) is 19.2. The Kier molecular flexibility index (Phi) is 5.74. The van der Waals surface area contributed by atoms with Crippen molar-refractivity contribution in [2.75, 3.05) is 43.4 Å². The van der Waals surface area contributed by atoms with Crippen LogP contribution >= 0.6 is 0 Å². The van der Waals surface area contributed by atoms with Crippen LogP contribution in [0, 0.1) is 0 Å². The number of pyridine rings is 1. The van der Waals surface area contributed by atoms with E-state index in [0.717, 1.165) is 37.6 Å². The van der Waals surface area contributed by atoms with Crippen LogP contribution in [0.15, 0.2) is 66.7 Å². The second kappa shape index (κ2) is 8.86. The van der Waals surface area contributed by atoms with E-state index >= 15 is 0 Å². The van der Waals surface area contributed by atoms with Gasteiger partial charge < -0.3 is 19.9 Å². The smallest absolute Gasteiger partial charge is 0.405 e. The molecule has 1 aliphatic rings. The maximum Gasteiger partial charge on any atom is 0.573 e. The fourth-order valence-electron chi connectivity index (χ4n) is 4.00. The molecule has 0 amide bonds. The highest BCUT2D eigenvalue weighted by molar-refractivity contribution is 5.70. The van der Waals surface area contributed by atoms with Crippen LogP contribution in [0.25, 0.3) is 16.9 Å². The topological polar surface area (TPSA) is 57.9 Å². The Morgan fingerprint density at radius 3 is 2.35 bits per heavy atom. The first-order chi connectivity index (χ1) is 16.4. The van der Waals surface area contributed by atoms with Crippen LogP contribution in [0.1, 0.15) is 0 Å². The van der Waals surface area contributed by atoms with Crippen molar-refractivity contribution in [2.45, 2.75) is 6.36 Å². The third-order valence-corrected chi connectivity index (χ3v) is 5.74. The minimum atomic E-state index is -4.80. The van der Waals surface area contributed by atoms with Crippen molar-refractivity contribution in [3.8, 4) is 17.0 Å². The molecule has 0 radical (unpaired) electrons. The van der Waals surface area contributed by atoms with Crippen molar-refractivity contribution < 1.29 is 17.9 Å². The molecule has 1 fully saturated rings. The van der Waals surface area contributed by atoms with E-state index in [1.165, 1.54) is 16.6 Å². The zero-order valence-electron chi connectivity index (χ0n) is 18.5. The number of hydrogen-bond donors (Lipinski definition) is 1. The Labute approximate surface area is 194 Å². The van der Waals surface area contributed by atoms with Gasteiger partial charge >= 0.3 is 6.36 Å². The lowest BCUT2D eigenvalue weighted by Gasteiger charge is -2.34. The number of ether oxygens (including phenoxy) is 1. The molecule has 176 valence electrons. The molecule has 1 N–H and O–H groups in total. The van der Waals surface area contributed by atoms with Gasteiger partial charge in [0.1, 0.15) is 5.75 Å². The van der Waals surface area contributed by atoms with Gasteiger partial charge in [-0.15, -0.1) is 18.3 Å². The van der Waals surface area contributed by atoms with E-state index in [1.54, 1.807) is 30.3 Å². The van der Waals surface area contributed by atoms with Gasteiger partial charge in [0.15, 0.2) is 5.65 Å². The Balaban J connectivity index is 1.40. The summed E-state index contributed by atoms with van der Waals surface area (Å²) >= 11 is 0. The van der Waals surface area contributed by atoms with Gasteiger partial charge in [0, 0.05) is 43.1 Å². The molecule has 0 saturated carbocycles. The largest absolute Gasteiger partial charge is 0.573 e. The Morgan fingerprint density at radius 2 is 1.62 bits per heavy atom. The summed E-state index contributed by atoms with van der Waals surface area (Å²) in [6.45, 7) is 4.04. The zero-order valence-corrected chi connectivity index (χ0v) is 18.5. The van der Waals surface area contributed by atoms with E-state index in [0.29, 0.717) is 17.3 Å². The molecule has 4 aromatic rings.